The van der Waals surface area contributed by atoms with Crippen LogP contribution >= 0.6 is 11.6 Å². The summed E-state index contributed by atoms with van der Waals surface area (Å²) in [5.74, 6) is 0.720. The van der Waals surface area contributed by atoms with E-state index in [0.29, 0.717) is 24.8 Å². The van der Waals surface area contributed by atoms with Crippen LogP contribution in [-0.2, 0) is 16.1 Å². The minimum absolute atomic E-state index is 0.228. The predicted molar refractivity (Wildman–Crippen MR) is 91.7 cm³/mol. The zero-order valence-corrected chi connectivity index (χ0v) is 14.0. The molecule has 0 N–H and O–H groups in total. The monoisotopic (exact) mass is 347 g/mol. The first-order valence-electron chi connectivity index (χ1n) is 7.60. The van der Waals surface area contributed by atoms with Crippen LogP contribution in [0, 0.1) is 0 Å². The number of benzene rings is 2. The molecule has 1 fully saturated rings. The van der Waals surface area contributed by atoms with Gasteiger partial charge in [0.25, 0.3) is 0 Å². The lowest BCUT2D eigenvalue weighted by molar-refractivity contribution is 0.0718. The number of hydrogen-bond donors (Lipinski definition) is 0. The van der Waals surface area contributed by atoms with Crippen LogP contribution in [0.15, 0.2) is 48.5 Å². The summed E-state index contributed by atoms with van der Waals surface area (Å²) in [6.07, 6.45) is -0.576. The SMILES string of the molecule is COCC1CN(c2ccc(COc3cccc(Cl)c3)cc2)C(=O)O1. The van der Waals surface area contributed by atoms with Crippen molar-refractivity contribution in [3.8, 4) is 5.75 Å². The Morgan fingerprint density at radius 3 is 2.75 bits per heavy atom. The van der Waals surface area contributed by atoms with Crippen LogP contribution in [0.25, 0.3) is 0 Å². The third-order valence-corrected chi connectivity index (χ3v) is 3.91. The van der Waals surface area contributed by atoms with Crippen molar-refractivity contribution in [2.75, 3.05) is 25.2 Å². The van der Waals surface area contributed by atoms with Gasteiger partial charge in [0.05, 0.1) is 13.2 Å². The molecular weight excluding hydrogens is 330 g/mol. The molecule has 1 atom stereocenters. The fourth-order valence-corrected chi connectivity index (χ4v) is 2.68. The number of anilines is 1. The van der Waals surface area contributed by atoms with E-state index in [4.69, 9.17) is 25.8 Å². The van der Waals surface area contributed by atoms with Gasteiger partial charge < -0.3 is 14.2 Å². The largest absolute Gasteiger partial charge is 0.489 e. The maximum Gasteiger partial charge on any atom is 0.414 e. The predicted octanol–water partition coefficient (Wildman–Crippen LogP) is 3.89. The molecule has 1 heterocycles. The fraction of sp³-hybridized carbons (Fsp3) is 0.278. The molecule has 0 aliphatic carbocycles. The topological polar surface area (TPSA) is 48.0 Å². The lowest BCUT2D eigenvalue weighted by atomic mass is 10.2. The number of ether oxygens (including phenoxy) is 3. The smallest absolute Gasteiger partial charge is 0.414 e. The molecule has 1 amide bonds. The number of methoxy groups -OCH3 is 1. The lowest BCUT2D eigenvalue weighted by Crippen LogP contribution is -2.25. The molecule has 0 spiro atoms. The Morgan fingerprint density at radius 2 is 2.04 bits per heavy atom. The van der Waals surface area contributed by atoms with E-state index in [2.05, 4.69) is 0 Å². The molecule has 0 aromatic heterocycles. The molecule has 0 bridgehead atoms. The van der Waals surface area contributed by atoms with Gasteiger partial charge >= 0.3 is 6.09 Å². The van der Waals surface area contributed by atoms with Crippen molar-refractivity contribution in [1.29, 1.82) is 0 Å². The molecule has 2 aromatic rings. The first kappa shape index (κ1) is 16.6. The summed E-state index contributed by atoms with van der Waals surface area (Å²) < 4.78 is 16.0. The van der Waals surface area contributed by atoms with Crippen LogP contribution in [0.2, 0.25) is 5.02 Å². The summed E-state index contributed by atoms with van der Waals surface area (Å²) in [7, 11) is 1.59. The zero-order chi connectivity index (χ0) is 16.9. The molecule has 126 valence electrons. The third kappa shape index (κ3) is 3.99. The van der Waals surface area contributed by atoms with Crippen molar-refractivity contribution in [2.24, 2.45) is 0 Å². The van der Waals surface area contributed by atoms with Crippen molar-refractivity contribution < 1.29 is 19.0 Å². The molecule has 1 aliphatic heterocycles. The highest BCUT2D eigenvalue weighted by atomic mass is 35.5. The summed E-state index contributed by atoms with van der Waals surface area (Å²) in [6, 6.07) is 14.9. The fourth-order valence-electron chi connectivity index (χ4n) is 2.50. The van der Waals surface area contributed by atoms with E-state index in [1.165, 1.54) is 0 Å². The molecule has 1 unspecified atom stereocenters. The first-order chi connectivity index (χ1) is 11.7. The highest BCUT2D eigenvalue weighted by molar-refractivity contribution is 6.30. The van der Waals surface area contributed by atoms with E-state index in [1.807, 2.05) is 36.4 Å². The van der Waals surface area contributed by atoms with E-state index in [0.717, 1.165) is 17.0 Å². The molecule has 3 rings (SSSR count). The van der Waals surface area contributed by atoms with Crippen molar-refractivity contribution in [3.63, 3.8) is 0 Å². The van der Waals surface area contributed by atoms with E-state index in [-0.39, 0.29) is 12.2 Å². The Bertz CT molecular complexity index is 704. The molecule has 1 aliphatic rings. The number of amides is 1. The molecule has 2 aromatic carbocycles. The Labute approximate surface area is 145 Å². The molecule has 6 heteroatoms. The second kappa shape index (κ2) is 7.55. The molecular formula is C18H18ClNO4. The van der Waals surface area contributed by atoms with Gasteiger partial charge in [-0.25, -0.2) is 4.79 Å². The standard InChI is InChI=1S/C18H18ClNO4/c1-22-12-17-10-20(18(21)24-17)15-7-5-13(6-8-15)11-23-16-4-2-3-14(19)9-16/h2-9,17H,10-12H2,1H3. The zero-order valence-electron chi connectivity index (χ0n) is 13.3. The van der Waals surface area contributed by atoms with Gasteiger partial charge in [0.15, 0.2) is 0 Å². The average Bonchev–Trinajstić information content (AvgIpc) is 2.94. The van der Waals surface area contributed by atoms with Crippen LogP contribution in [0.1, 0.15) is 5.56 Å². The highest BCUT2D eigenvalue weighted by Crippen LogP contribution is 2.23. The van der Waals surface area contributed by atoms with Gasteiger partial charge in [-0.3, -0.25) is 4.90 Å². The Hall–Kier alpha value is -2.24. The van der Waals surface area contributed by atoms with Crippen LogP contribution in [0.4, 0.5) is 10.5 Å². The first-order valence-corrected chi connectivity index (χ1v) is 7.98. The Balaban J connectivity index is 1.60. The second-order valence-corrected chi connectivity index (χ2v) is 5.92. The van der Waals surface area contributed by atoms with Gasteiger partial charge in [-0.1, -0.05) is 29.8 Å². The lowest BCUT2D eigenvalue weighted by Gasteiger charge is -2.14. The number of halogens is 1. The molecule has 0 radical (unpaired) electrons. The number of nitrogens with zero attached hydrogens (tertiary/aromatic N) is 1. The molecule has 5 nitrogen and oxygen atoms in total. The van der Waals surface area contributed by atoms with Gasteiger partial charge in [0.1, 0.15) is 18.5 Å². The summed E-state index contributed by atoms with van der Waals surface area (Å²) in [4.78, 5) is 13.5. The highest BCUT2D eigenvalue weighted by Gasteiger charge is 2.32. The summed E-state index contributed by atoms with van der Waals surface area (Å²) in [6.45, 7) is 1.32. The molecule has 1 saturated heterocycles. The quantitative estimate of drug-likeness (QED) is 0.795. The van der Waals surface area contributed by atoms with E-state index in [1.54, 1.807) is 24.1 Å². The van der Waals surface area contributed by atoms with Gasteiger partial charge in [-0.15, -0.1) is 0 Å². The Kier molecular flexibility index (Phi) is 5.23. The van der Waals surface area contributed by atoms with E-state index >= 15 is 0 Å². The van der Waals surface area contributed by atoms with Gasteiger partial charge in [0.2, 0.25) is 0 Å². The maximum atomic E-state index is 11.9. The van der Waals surface area contributed by atoms with Crippen LogP contribution in [0.3, 0.4) is 0 Å². The number of carbonyl (C=O) groups is 1. The summed E-state index contributed by atoms with van der Waals surface area (Å²) in [5, 5.41) is 0.640. The maximum absolute atomic E-state index is 11.9. The number of hydrogen-bond acceptors (Lipinski definition) is 4. The summed E-state index contributed by atoms with van der Waals surface area (Å²) in [5.41, 5.74) is 1.80. The van der Waals surface area contributed by atoms with Crippen molar-refractivity contribution in [2.45, 2.75) is 12.7 Å². The normalized spacial score (nSPS) is 17.0. The Morgan fingerprint density at radius 1 is 1.25 bits per heavy atom. The van der Waals surface area contributed by atoms with Crippen LogP contribution in [0.5, 0.6) is 5.75 Å². The number of rotatable bonds is 6. The van der Waals surface area contributed by atoms with Gasteiger partial charge in [-0.05, 0) is 35.9 Å². The van der Waals surface area contributed by atoms with Crippen molar-refractivity contribution in [1.82, 2.24) is 0 Å². The van der Waals surface area contributed by atoms with Crippen molar-refractivity contribution >= 4 is 23.4 Å². The number of cyclic esters (lactones) is 1. The van der Waals surface area contributed by atoms with Gasteiger partial charge in [0, 0.05) is 17.8 Å². The summed E-state index contributed by atoms with van der Waals surface area (Å²) >= 11 is 5.93. The van der Waals surface area contributed by atoms with Crippen molar-refractivity contribution in [3.05, 3.63) is 59.1 Å². The van der Waals surface area contributed by atoms with E-state index < -0.39 is 0 Å². The second-order valence-electron chi connectivity index (χ2n) is 5.48. The number of carbonyl (C=O) groups excluding carboxylic acids is 1. The van der Waals surface area contributed by atoms with E-state index in [9.17, 15) is 4.79 Å². The minimum Gasteiger partial charge on any atom is -0.489 e. The van der Waals surface area contributed by atoms with Crippen LogP contribution in [-0.4, -0.2) is 32.5 Å². The third-order valence-electron chi connectivity index (χ3n) is 3.68. The average molecular weight is 348 g/mol. The van der Waals surface area contributed by atoms with Gasteiger partial charge in [-0.2, -0.15) is 0 Å². The molecule has 0 saturated carbocycles. The van der Waals surface area contributed by atoms with Crippen LogP contribution < -0.4 is 9.64 Å². The molecule has 24 heavy (non-hydrogen) atoms. The minimum atomic E-state index is -0.347.